The average molecular weight is 423 g/mol. The van der Waals surface area contributed by atoms with Crippen molar-refractivity contribution >= 4 is 10.9 Å². The predicted octanol–water partition coefficient (Wildman–Crippen LogP) is 6.30. The molecule has 32 heavy (non-hydrogen) atoms. The zero-order chi connectivity index (χ0) is 22.1. The van der Waals surface area contributed by atoms with Crippen LogP contribution in [0.25, 0.3) is 10.9 Å². The third-order valence-electron chi connectivity index (χ3n) is 6.35. The van der Waals surface area contributed by atoms with Crippen LogP contribution >= 0.6 is 0 Å². The summed E-state index contributed by atoms with van der Waals surface area (Å²) < 4.78 is 6.55. The molecule has 0 fully saturated rings. The molecule has 0 N–H and O–H groups in total. The molecular formula is C29H30N2O. The van der Waals surface area contributed by atoms with Crippen molar-refractivity contribution in [3.8, 4) is 5.75 Å². The molecule has 162 valence electrons. The van der Waals surface area contributed by atoms with Crippen LogP contribution in [0.4, 0.5) is 0 Å². The van der Waals surface area contributed by atoms with Crippen LogP contribution in [0.2, 0.25) is 0 Å². The maximum atomic E-state index is 6.55. The van der Waals surface area contributed by atoms with E-state index in [0.717, 1.165) is 42.7 Å². The number of rotatable bonds is 5. The van der Waals surface area contributed by atoms with E-state index in [2.05, 4.69) is 92.4 Å². The minimum atomic E-state index is 0.567. The molecule has 4 aromatic rings. The summed E-state index contributed by atoms with van der Waals surface area (Å²) >= 11 is 0. The quantitative estimate of drug-likeness (QED) is 0.377. The first-order chi connectivity index (χ1) is 15.5. The highest BCUT2D eigenvalue weighted by Crippen LogP contribution is 2.35. The first-order valence-electron chi connectivity index (χ1n) is 11.4. The number of nitrogens with zero attached hydrogens (tertiary/aromatic N) is 2. The highest BCUT2D eigenvalue weighted by atomic mass is 16.5. The molecule has 0 spiro atoms. The SMILES string of the molecule is Cc1ccc(COc2c3c(nc4ccc(C)cc24)CCN(Cc2ccc(C)cc2)C3)cc1. The predicted molar refractivity (Wildman–Crippen MR) is 131 cm³/mol. The Bertz CT molecular complexity index is 1240. The van der Waals surface area contributed by atoms with Gasteiger partial charge in [-0.15, -0.1) is 0 Å². The van der Waals surface area contributed by atoms with E-state index in [1.807, 2.05) is 0 Å². The Hall–Kier alpha value is -3.17. The van der Waals surface area contributed by atoms with E-state index < -0.39 is 0 Å². The Morgan fingerprint density at radius 1 is 0.812 bits per heavy atom. The van der Waals surface area contributed by atoms with Crippen molar-refractivity contribution in [2.45, 2.75) is 46.9 Å². The fourth-order valence-electron chi connectivity index (χ4n) is 4.46. The minimum Gasteiger partial charge on any atom is -0.488 e. The summed E-state index contributed by atoms with van der Waals surface area (Å²) in [5.74, 6) is 1.00. The Morgan fingerprint density at radius 2 is 1.47 bits per heavy atom. The zero-order valence-electron chi connectivity index (χ0n) is 19.2. The molecule has 3 nitrogen and oxygen atoms in total. The molecule has 3 aromatic carbocycles. The smallest absolute Gasteiger partial charge is 0.135 e. The van der Waals surface area contributed by atoms with Crippen molar-refractivity contribution in [1.29, 1.82) is 0 Å². The third-order valence-corrected chi connectivity index (χ3v) is 6.35. The average Bonchev–Trinajstić information content (AvgIpc) is 2.80. The van der Waals surface area contributed by atoms with E-state index in [4.69, 9.17) is 9.72 Å². The summed E-state index contributed by atoms with van der Waals surface area (Å²) in [6.45, 7) is 9.78. The maximum Gasteiger partial charge on any atom is 0.135 e. The molecule has 0 aliphatic carbocycles. The van der Waals surface area contributed by atoms with Gasteiger partial charge in [-0.3, -0.25) is 9.88 Å². The summed E-state index contributed by atoms with van der Waals surface area (Å²) in [4.78, 5) is 7.54. The van der Waals surface area contributed by atoms with Crippen molar-refractivity contribution < 1.29 is 4.74 Å². The third kappa shape index (κ3) is 4.39. The highest BCUT2D eigenvalue weighted by molar-refractivity contribution is 5.87. The normalized spacial score (nSPS) is 13.8. The van der Waals surface area contributed by atoms with Gasteiger partial charge >= 0.3 is 0 Å². The van der Waals surface area contributed by atoms with Gasteiger partial charge in [-0.25, -0.2) is 0 Å². The molecule has 1 aliphatic rings. The van der Waals surface area contributed by atoms with E-state index in [1.54, 1.807) is 0 Å². The number of pyridine rings is 1. The molecule has 5 rings (SSSR count). The molecule has 0 bridgehead atoms. The number of hydrogen-bond acceptors (Lipinski definition) is 3. The molecule has 0 saturated carbocycles. The lowest BCUT2D eigenvalue weighted by Gasteiger charge is -2.30. The summed E-state index contributed by atoms with van der Waals surface area (Å²) in [5.41, 5.74) is 9.79. The number of aromatic nitrogens is 1. The Balaban J connectivity index is 1.48. The number of aryl methyl sites for hydroxylation is 3. The molecule has 1 aromatic heterocycles. The van der Waals surface area contributed by atoms with E-state index in [9.17, 15) is 0 Å². The van der Waals surface area contributed by atoms with Crippen LogP contribution in [0.3, 0.4) is 0 Å². The molecule has 0 unspecified atom stereocenters. The van der Waals surface area contributed by atoms with Crippen LogP contribution < -0.4 is 4.74 Å². The molecule has 0 radical (unpaired) electrons. The highest BCUT2D eigenvalue weighted by Gasteiger charge is 2.24. The Kier molecular flexibility index (Phi) is 5.67. The van der Waals surface area contributed by atoms with Gasteiger partial charge in [-0.05, 0) is 44.0 Å². The number of ether oxygens (including phenoxy) is 1. The molecule has 3 heteroatoms. The molecule has 0 atom stereocenters. The molecule has 0 saturated heterocycles. The van der Waals surface area contributed by atoms with Gasteiger partial charge in [-0.2, -0.15) is 0 Å². The number of fused-ring (bicyclic) bond motifs is 2. The van der Waals surface area contributed by atoms with Crippen molar-refractivity contribution in [2.24, 2.45) is 0 Å². The lowest BCUT2D eigenvalue weighted by molar-refractivity contribution is 0.232. The van der Waals surface area contributed by atoms with Gasteiger partial charge in [0.1, 0.15) is 12.4 Å². The summed E-state index contributed by atoms with van der Waals surface area (Å²) in [5, 5.41) is 1.12. The fraction of sp³-hybridized carbons (Fsp3) is 0.276. The second-order valence-electron chi connectivity index (χ2n) is 9.11. The summed E-state index contributed by atoms with van der Waals surface area (Å²) in [6, 6.07) is 23.9. The Morgan fingerprint density at radius 3 is 2.19 bits per heavy atom. The van der Waals surface area contributed by atoms with Crippen LogP contribution in [0.5, 0.6) is 5.75 Å². The zero-order valence-corrected chi connectivity index (χ0v) is 19.2. The summed E-state index contributed by atoms with van der Waals surface area (Å²) in [6.07, 6.45) is 0.950. The number of benzene rings is 3. The van der Waals surface area contributed by atoms with E-state index in [1.165, 1.54) is 39.1 Å². The lowest BCUT2D eigenvalue weighted by atomic mass is 9.99. The molecule has 0 amide bonds. The summed E-state index contributed by atoms with van der Waals surface area (Å²) in [7, 11) is 0. The lowest BCUT2D eigenvalue weighted by Crippen LogP contribution is -2.31. The largest absolute Gasteiger partial charge is 0.488 e. The van der Waals surface area contributed by atoms with Crippen molar-refractivity contribution in [1.82, 2.24) is 9.88 Å². The second-order valence-corrected chi connectivity index (χ2v) is 9.11. The molecular weight excluding hydrogens is 392 g/mol. The van der Waals surface area contributed by atoms with Crippen molar-refractivity contribution in [3.05, 3.63) is 106 Å². The van der Waals surface area contributed by atoms with Crippen LogP contribution in [0.1, 0.15) is 39.1 Å². The first-order valence-corrected chi connectivity index (χ1v) is 11.4. The molecule has 2 heterocycles. The second kappa shape index (κ2) is 8.76. The van der Waals surface area contributed by atoms with Gasteiger partial charge in [0.2, 0.25) is 0 Å². The standard InChI is InChI=1S/C29H30N2O/c1-20-4-9-23(10-5-20)17-31-15-14-28-26(18-31)29(25-16-22(3)8-13-27(25)30-28)32-19-24-11-6-21(2)7-12-24/h4-13,16H,14-15,17-19H2,1-3H3. The Labute approximate surface area is 190 Å². The van der Waals surface area contributed by atoms with Gasteiger partial charge in [0.05, 0.1) is 11.2 Å². The van der Waals surface area contributed by atoms with E-state index in [-0.39, 0.29) is 0 Å². The van der Waals surface area contributed by atoms with Gasteiger partial charge in [0.25, 0.3) is 0 Å². The van der Waals surface area contributed by atoms with Crippen LogP contribution in [0, 0.1) is 20.8 Å². The van der Waals surface area contributed by atoms with E-state index in [0.29, 0.717) is 6.61 Å². The van der Waals surface area contributed by atoms with Crippen LogP contribution in [-0.4, -0.2) is 16.4 Å². The van der Waals surface area contributed by atoms with Crippen LogP contribution in [-0.2, 0) is 26.1 Å². The van der Waals surface area contributed by atoms with Crippen molar-refractivity contribution in [2.75, 3.05) is 6.54 Å². The van der Waals surface area contributed by atoms with E-state index >= 15 is 0 Å². The topological polar surface area (TPSA) is 25.4 Å². The fourth-order valence-corrected chi connectivity index (χ4v) is 4.46. The van der Waals surface area contributed by atoms with Gasteiger partial charge in [0.15, 0.2) is 0 Å². The van der Waals surface area contributed by atoms with Gasteiger partial charge in [-0.1, -0.05) is 71.3 Å². The number of hydrogen-bond donors (Lipinski definition) is 0. The maximum absolute atomic E-state index is 6.55. The monoisotopic (exact) mass is 422 g/mol. The van der Waals surface area contributed by atoms with Crippen LogP contribution in [0.15, 0.2) is 66.7 Å². The minimum absolute atomic E-state index is 0.567. The first kappa shape index (κ1) is 20.7. The van der Waals surface area contributed by atoms with Gasteiger partial charge < -0.3 is 4.74 Å². The van der Waals surface area contributed by atoms with Crippen molar-refractivity contribution in [3.63, 3.8) is 0 Å². The van der Waals surface area contributed by atoms with Gasteiger partial charge in [0, 0.05) is 37.0 Å². The molecule has 1 aliphatic heterocycles.